The fraction of sp³-hybridized carbons (Fsp3) is 0.444. The zero-order valence-corrected chi connectivity index (χ0v) is 16.4. The predicted octanol–water partition coefficient (Wildman–Crippen LogP) is 2.63. The summed E-state index contributed by atoms with van der Waals surface area (Å²) >= 11 is 1.19. The molecule has 0 fully saturated rings. The molecule has 3 N–H and O–H groups in total. The van der Waals surface area contributed by atoms with Gasteiger partial charge in [0.2, 0.25) is 11.1 Å². The number of hydrogen-bond acceptors (Lipinski definition) is 7. The molecule has 0 bridgehead atoms. The Kier molecular flexibility index (Phi) is 8.12. The maximum Gasteiger partial charge on any atom is 0.340 e. The molecule has 0 saturated heterocycles. The Balaban J connectivity index is 1.95. The number of aromatic nitrogens is 3. The first-order valence-corrected chi connectivity index (χ1v) is 9.93. The number of aryl methyl sites for hydroxylation is 1. The highest BCUT2D eigenvalue weighted by Gasteiger charge is 2.16. The van der Waals surface area contributed by atoms with Gasteiger partial charge in [0.15, 0.2) is 5.82 Å². The van der Waals surface area contributed by atoms with Gasteiger partial charge in [-0.2, -0.15) is 0 Å². The fourth-order valence-corrected chi connectivity index (χ4v) is 2.95. The highest BCUT2D eigenvalue weighted by molar-refractivity contribution is 7.99. The SMILES string of the molecule is CCCCOC(=O)c1ccccc1NC(=O)CSc1nnc(CCC)n1N. The van der Waals surface area contributed by atoms with Gasteiger partial charge in [0.1, 0.15) is 0 Å². The van der Waals surface area contributed by atoms with Gasteiger partial charge >= 0.3 is 5.97 Å². The quantitative estimate of drug-likeness (QED) is 0.277. The molecule has 8 nitrogen and oxygen atoms in total. The number of nitrogens with two attached hydrogens (primary N) is 1. The first kappa shape index (κ1) is 20.8. The van der Waals surface area contributed by atoms with Gasteiger partial charge < -0.3 is 15.9 Å². The number of amides is 1. The van der Waals surface area contributed by atoms with Crippen molar-refractivity contribution in [3.8, 4) is 0 Å². The summed E-state index contributed by atoms with van der Waals surface area (Å²) in [7, 11) is 0. The van der Waals surface area contributed by atoms with Gasteiger partial charge in [-0.15, -0.1) is 10.2 Å². The van der Waals surface area contributed by atoms with E-state index < -0.39 is 5.97 Å². The summed E-state index contributed by atoms with van der Waals surface area (Å²) in [4.78, 5) is 24.5. The Morgan fingerprint density at radius 2 is 2.00 bits per heavy atom. The van der Waals surface area contributed by atoms with Crippen LogP contribution in [0.2, 0.25) is 0 Å². The second kappa shape index (κ2) is 10.6. The molecule has 0 radical (unpaired) electrons. The van der Waals surface area contributed by atoms with Crippen LogP contribution in [0, 0.1) is 0 Å². The largest absolute Gasteiger partial charge is 0.462 e. The Morgan fingerprint density at radius 1 is 1.22 bits per heavy atom. The number of benzene rings is 1. The molecule has 1 heterocycles. The second-order valence-electron chi connectivity index (χ2n) is 5.89. The lowest BCUT2D eigenvalue weighted by Gasteiger charge is -2.10. The summed E-state index contributed by atoms with van der Waals surface area (Å²) in [5, 5.41) is 11.2. The van der Waals surface area contributed by atoms with Crippen LogP contribution in [-0.2, 0) is 16.0 Å². The summed E-state index contributed by atoms with van der Waals surface area (Å²) in [6, 6.07) is 6.78. The highest BCUT2D eigenvalue weighted by Crippen LogP contribution is 2.19. The molecule has 2 aromatic rings. The number of unbranched alkanes of at least 4 members (excludes halogenated alkanes) is 1. The number of nitrogens with zero attached hydrogens (tertiary/aromatic N) is 3. The van der Waals surface area contributed by atoms with Gasteiger partial charge in [-0.1, -0.05) is 44.2 Å². The lowest BCUT2D eigenvalue weighted by Crippen LogP contribution is -2.19. The minimum atomic E-state index is -0.446. The number of carbonyl (C=O) groups is 2. The monoisotopic (exact) mass is 391 g/mol. The Hall–Kier alpha value is -2.55. The van der Waals surface area contributed by atoms with Crippen LogP contribution in [0.4, 0.5) is 5.69 Å². The molecular formula is C18H25N5O3S. The number of nitrogens with one attached hydrogen (secondary N) is 1. The Bertz CT molecular complexity index is 778. The molecule has 1 amide bonds. The van der Waals surface area contributed by atoms with Crippen LogP contribution in [0.25, 0.3) is 0 Å². The normalized spacial score (nSPS) is 10.6. The molecule has 0 spiro atoms. The molecule has 27 heavy (non-hydrogen) atoms. The van der Waals surface area contributed by atoms with Crippen LogP contribution in [0.15, 0.2) is 29.4 Å². The number of rotatable bonds is 10. The summed E-state index contributed by atoms with van der Waals surface area (Å²) in [6.07, 6.45) is 3.38. The minimum Gasteiger partial charge on any atom is -0.462 e. The first-order chi connectivity index (χ1) is 13.1. The maximum absolute atomic E-state index is 12.3. The first-order valence-electron chi connectivity index (χ1n) is 8.95. The van der Waals surface area contributed by atoms with Gasteiger partial charge in [0, 0.05) is 6.42 Å². The van der Waals surface area contributed by atoms with Gasteiger partial charge in [0.05, 0.1) is 23.6 Å². The van der Waals surface area contributed by atoms with Crippen LogP contribution < -0.4 is 11.2 Å². The van der Waals surface area contributed by atoms with Crippen molar-refractivity contribution in [2.24, 2.45) is 0 Å². The van der Waals surface area contributed by atoms with E-state index in [-0.39, 0.29) is 11.7 Å². The van der Waals surface area contributed by atoms with Crippen molar-refractivity contribution in [2.75, 3.05) is 23.5 Å². The third kappa shape index (κ3) is 5.99. The van der Waals surface area contributed by atoms with E-state index >= 15 is 0 Å². The number of nitrogen functional groups attached to an aromatic ring is 1. The van der Waals surface area contributed by atoms with Gasteiger partial charge in [-0.25, -0.2) is 9.47 Å². The molecule has 1 aromatic heterocycles. The average molecular weight is 391 g/mol. The van der Waals surface area contributed by atoms with Crippen molar-refractivity contribution >= 4 is 29.3 Å². The second-order valence-corrected chi connectivity index (χ2v) is 6.83. The van der Waals surface area contributed by atoms with Crippen LogP contribution in [-0.4, -0.2) is 39.1 Å². The zero-order chi connectivity index (χ0) is 19.6. The summed E-state index contributed by atoms with van der Waals surface area (Å²) < 4.78 is 6.63. The van der Waals surface area contributed by atoms with Crippen LogP contribution in [0.3, 0.4) is 0 Å². The van der Waals surface area contributed by atoms with E-state index in [0.29, 0.717) is 28.8 Å². The molecule has 0 atom stereocenters. The number of para-hydroxylation sites is 1. The zero-order valence-electron chi connectivity index (χ0n) is 15.6. The van der Waals surface area contributed by atoms with Gasteiger partial charge in [0.25, 0.3) is 0 Å². The van der Waals surface area contributed by atoms with Crippen molar-refractivity contribution in [3.05, 3.63) is 35.7 Å². The summed E-state index contributed by atoms with van der Waals surface area (Å²) in [5.41, 5.74) is 0.754. The molecule has 0 saturated carbocycles. The number of ether oxygens (including phenoxy) is 1. The van der Waals surface area contributed by atoms with Gasteiger partial charge in [-0.3, -0.25) is 4.79 Å². The topological polar surface area (TPSA) is 112 Å². The van der Waals surface area contributed by atoms with E-state index in [9.17, 15) is 9.59 Å². The summed E-state index contributed by atoms with van der Waals surface area (Å²) in [6.45, 7) is 4.41. The number of carbonyl (C=O) groups excluding carboxylic acids is 2. The lowest BCUT2D eigenvalue weighted by atomic mass is 10.2. The molecule has 0 unspecified atom stereocenters. The van der Waals surface area contributed by atoms with Crippen LogP contribution in [0.1, 0.15) is 49.3 Å². The summed E-state index contributed by atoms with van der Waals surface area (Å²) in [5.74, 6) is 5.99. The molecular weight excluding hydrogens is 366 g/mol. The number of anilines is 1. The predicted molar refractivity (Wildman–Crippen MR) is 105 cm³/mol. The van der Waals surface area contributed by atoms with Crippen LogP contribution in [0.5, 0.6) is 0 Å². The molecule has 146 valence electrons. The van der Waals surface area contributed by atoms with Crippen molar-refractivity contribution in [2.45, 2.75) is 44.7 Å². The highest BCUT2D eigenvalue weighted by atomic mass is 32.2. The molecule has 0 aliphatic rings. The maximum atomic E-state index is 12.3. The third-order valence-corrected chi connectivity index (χ3v) is 4.64. The average Bonchev–Trinajstić information content (AvgIpc) is 3.01. The van der Waals surface area contributed by atoms with Crippen molar-refractivity contribution in [1.82, 2.24) is 14.9 Å². The van der Waals surface area contributed by atoms with E-state index in [0.717, 1.165) is 25.7 Å². The molecule has 1 aromatic carbocycles. The van der Waals surface area contributed by atoms with Crippen molar-refractivity contribution < 1.29 is 14.3 Å². The van der Waals surface area contributed by atoms with E-state index in [1.807, 2.05) is 13.8 Å². The van der Waals surface area contributed by atoms with E-state index in [2.05, 4.69) is 15.5 Å². The Morgan fingerprint density at radius 3 is 2.74 bits per heavy atom. The fourth-order valence-electron chi connectivity index (χ4n) is 2.27. The lowest BCUT2D eigenvalue weighted by molar-refractivity contribution is -0.113. The number of thioether (sulfide) groups is 1. The molecule has 9 heteroatoms. The third-order valence-electron chi connectivity index (χ3n) is 3.69. The van der Waals surface area contributed by atoms with Crippen LogP contribution >= 0.6 is 11.8 Å². The van der Waals surface area contributed by atoms with Crippen molar-refractivity contribution in [1.29, 1.82) is 0 Å². The Labute approximate surface area is 162 Å². The van der Waals surface area contributed by atoms with E-state index in [1.165, 1.54) is 16.4 Å². The van der Waals surface area contributed by atoms with E-state index in [1.54, 1.807) is 24.3 Å². The smallest absolute Gasteiger partial charge is 0.340 e. The molecule has 2 rings (SSSR count). The molecule has 0 aliphatic heterocycles. The standard InChI is InChI=1S/C18H25N5O3S/c1-3-5-11-26-17(25)13-9-6-7-10-14(13)20-16(24)12-27-18-22-21-15(8-4-2)23(18)19/h6-7,9-10H,3-5,8,11-12,19H2,1-2H3,(H,20,24). The molecule has 0 aliphatic carbocycles. The number of hydrogen-bond donors (Lipinski definition) is 2. The van der Waals surface area contributed by atoms with Crippen molar-refractivity contribution in [3.63, 3.8) is 0 Å². The minimum absolute atomic E-state index is 0.0979. The van der Waals surface area contributed by atoms with Gasteiger partial charge in [-0.05, 0) is 25.0 Å². The van der Waals surface area contributed by atoms with E-state index in [4.69, 9.17) is 10.6 Å². The number of esters is 1.